The summed E-state index contributed by atoms with van der Waals surface area (Å²) in [5, 5.41) is 11.5. The molecule has 0 aliphatic heterocycles. The third-order valence-corrected chi connectivity index (χ3v) is 4.99. The van der Waals surface area contributed by atoms with Gasteiger partial charge in [0.05, 0.1) is 6.20 Å². The molecule has 7 nitrogen and oxygen atoms in total. The van der Waals surface area contributed by atoms with Crippen LogP contribution in [-0.4, -0.2) is 31.7 Å². The van der Waals surface area contributed by atoms with Crippen LogP contribution in [0.1, 0.15) is 17.0 Å². The average Bonchev–Trinajstić information content (AvgIpc) is 3.37. The lowest BCUT2D eigenvalue weighted by atomic mass is 9.91. The fourth-order valence-corrected chi connectivity index (χ4v) is 3.60. The van der Waals surface area contributed by atoms with Gasteiger partial charge in [-0.25, -0.2) is 0 Å². The fraction of sp³-hybridized carbons (Fsp3) is 0.0952. The zero-order valence-corrected chi connectivity index (χ0v) is 14.9. The Morgan fingerprint density at radius 2 is 1.82 bits per heavy atom. The van der Waals surface area contributed by atoms with E-state index in [4.69, 9.17) is 0 Å². The monoisotopic (exact) mass is 370 g/mol. The summed E-state index contributed by atoms with van der Waals surface area (Å²) in [5.41, 5.74) is 3.73. The van der Waals surface area contributed by atoms with Gasteiger partial charge in [0.1, 0.15) is 5.39 Å². The SMILES string of the molecule is O=c1[nH]c(NCC(c2ccccc2)c2c[nH]c3ccccc23)nc2[nH]ncc12. The lowest BCUT2D eigenvalue weighted by Crippen LogP contribution is -2.18. The maximum Gasteiger partial charge on any atom is 0.263 e. The molecule has 0 fully saturated rings. The Labute approximate surface area is 159 Å². The van der Waals surface area contributed by atoms with E-state index in [1.54, 1.807) is 0 Å². The Kier molecular flexibility index (Phi) is 3.90. The topological polar surface area (TPSA) is 102 Å². The van der Waals surface area contributed by atoms with Gasteiger partial charge in [0.25, 0.3) is 5.56 Å². The molecule has 1 atom stereocenters. The first-order valence-corrected chi connectivity index (χ1v) is 9.08. The van der Waals surface area contributed by atoms with Crippen molar-refractivity contribution in [3.63, 3.8) is 0 Å². The quantitative estimate of drug-likeness (QED) is 0.381. The van der Waals surface area contributed by atoms with E-state index >= 15 is 0 Å². The molecule has 1 unspecified atom stereocenters. The van der Waals surface area contributed by atoms with Crippen molar-refractivity contribution in [2.24, 2.45) is 0 Å². The van der Waals surface area contributed by atoms with Gasteiger partial charge < -0.3 is 10.3 Å². The Morgan fingerprint density at radius 1 is 1.00 bits per heavy atom. The Hall–Kier alpha value is -3.87. The van der Waals surface area contributed by atoms with Crippen molar-refractivity contribution in [2.45, 2.75) is 5.92 Å². The molecule has 0 saturated heterocycles. The van der Waals surface area contributed by atoms with Crippen molar-refractivity contribution in [3.05, 3.63) is 88.5 Å². The number of hydrogen-bond acceptors (Lipinski definition) is 4. The number of H-pyrrole nitrogens is 3. The van der Waals surface area contributed by atoms with Crippen molar-refractivity contribution in [3.8, 4) is 0 Å². The summed E-state index contributed by atoms with van der Waals surface area (Å²) in [6.07, 6.45) is 3.53. The van der Waals surface area contributed by atoms with Crippen LogP contribution < -0.4 is 10.9 Å². The van der Waals surface area contributed by atoms with E-state index in [0.29, 0.717) is 23.5 Å². The molecule has 3 heterocycles. The van der Waals surface area contributed by atoms with Crippen LogP contribution in [-0.2, 0) is 0 Å². The maximum atomic E-state index is 12.2. The second kappa shape index (κ2) is 6.70. The molecule has 5 aromatic rings. The first-order valence-electron chi connectivity index (χ1n) is 9.08. The third-order valence-electron chi connectivity index (χ3n) is 4.99. The van der Waals surface area contributed by atoms with Gasteiger partial charge >= 0.3 is 0 Å². The highest BCUT2D eigenvalue weighted by Gasteiger charge is 2.18. The van der Waals surface area contributed by atoms with E-state index in [1.807, 2.05) is 30.3 Å². The molecule has 5 rings (SSSR count). The van der Waals surface area contributed by atoms with Crippen LogP contribution in [0, 0.1) is 0 Å². The van der Waals surface area contributed by atoms with E-state index in [0.717, 1.165) is 5.52 Å². The Balaban J connectivity index is 1.52. The van der Waals surface area contributed by atoms with Crippen LogP contribution in [0.4, 0.5) is 5.95 Å². The van der Waals surface area contributed by atoms with E-state index < -0.39 is 0 Å². The van der Waals surface area contributed by atoms with Gasteiger partial charge in [0.2, 0.25) is 5.95 Å². The second-order valence-electron chi connectivity index (χ2n) is 6.68. The zero-order valence-electron chi connectivity index (χ0n) is 14.9. The molecule has 0 aliphatic rings. The summed E-state index contributed by atoms with van der Waals surface area (Å²) >= 11 is 0. The summed E-state index contributed by atoms with van der Waals surface area (Å²) in [7, 11) is 0. The van der Waals surface area contributed by atoms with Crippen LogP contribution in [0.25, 0.3) is 21.9 Å². The largest absolute Gasteiger partial charge is 0.361 e. The van der Waals surface area contributed by atoms with Crippen LogP contribution in [0.2, 0.25) is 0 Å². The highest BCUT2D eigenvalue weighted by molar-refractivity contribution is 5.84. The molecule has 7 heteroatoms. The number of fused-ring (bicyclic) bond motifs is 2. The van der Waals surface area contributed by atoms with Gasteiger partial charge in [0, 0.05) is 29.6 Å². The van der Waals surface area contributed by atoms with Gasteiger partial charge in [-0.1, -0.05) is 48.5 Å². The number of anilines is 1. The standard InChI is InChI=1S/C21H18N6O/c28-20-17-12-24-27-19(17)25-21(26-20)23-10-15(13-6-2-1-3-7-13)16-11-22-18-9-5-4-8-14(16)18/h1-9,11-12,15,22H,10H2,(H3,23,24,25,26,27,28). The second-order valence-corrected chi connectivity index (χ2v) is 6.68. The van der Waals surface area contributed by atoms with Crippen LogP contribution in [0.5, 0.6) is 0 Å². The molecule has 3 aromatic heterocycles. The van der Waals surface area contributed by atoms with Gasteiger partial charge in [-0.2, -0.15) is 10.1 Å². The number of nitrogens with zero attached hydrogens (tertiary/aromatic N) is 2. The fourth-order valence-electron chi connectivity index (χ4n) is 3.60. The lowest BCUT2D eigenvalue weighted by molar-refractivity contribution is 0.848. The number of rotatable bonds is 5. The van der Waals surface area contributed by atoms with Crippen molar-refractivity contribution in [2.75, 3.05) is 11.9 Å². The molecule has 0 radical (unpaired) electrons. The van der Waals surface area contributed by atoms with E-state index in [1.165, 1.54) is 22.7 Å². The summed E-state index contributed by atoms with van der Waals surface area (Å²) < 4.78 is 0. The van der Waals surface area contributed by atoms with Crippen molar-refractivity contribution >= 4 is 27.9 Å². The van der Waals surface area contributed by atoms with Gasteiger partial charge in [-0.3, -0.25) is 14.9 Å². The molecule has 4 N–H and O–H groups in total. The number of nitrogens with one attached hydrogen (secondary N) is 4. The minimum atomic E-state index is -0.218. The van der Waals surface area contributed by atoms with Gasteiger partial charge in [-0.15, -0.1) is 0 Å². The highest BCUT2D eigenvalue weighted by atomic mass is 16.1. The van der Waals surface area contributed by atoms with Crippen molar-refractivity contribution < 1.29 is 0 Å². The molecule has 28 heavy (non-hydrogen) atoms. The minimum absolute atomic E-state index is 0.0834. The first kappa shape index (κ1) is 16.3. The number of para-hydroxylation sites is 1. The van der Waals surface area contributed by atoms with E-state index in [-0.39, 0.29) is 11.5 Å². The molecule has 0 bridgehead atoms. The average molecular weight is 370 g/mol. The number of aromatic nitrogens is 5. The smallest absolute Gasteiger partial charge is 0.263 e. The van der Waals surface area contributed by atoms with Crippen molar-refractivity contribution in [1.29, 1.82) is 0 Å². The predicted octanol–water partition coefficient (Wildman–Crippen LogP) is 3.37. The molecular weight excluding hydrogens is 352 g/mol. The molecule has 0 aliphatic carbocycles. The zero-order chi connectivity index (χ0) is 18.9. The van der Waals surface area contributed by atoms with Crippen molar-refractivity contribution in [1.82, 2.24) is 25.1 Å². The summed E-state index contributed by atoms with van der Waals surface area (Å²) in [6, 6.07) is 18.6. The number of hydrogen-bond donors (Lipinski definition) is 4. The van der Waals surface area contributed by atoms with E-state index in [2.05, 4.69) is 60.9 Å². The summed E-state index contributed by atoms with van der Waals surface area (Å²) in [5.74, 6) is 0.502. The van der Waals surface area contributed by atoms with Gasteiger partial charge in [-0.05, 0) is 17.2 Å². The molecular formula is C21H18N6O. The summed E-state index contributed by atoms with van der Waals surface area (Å²) in [6.45, 7) is 0.578. The molecule has 2 aromatic carbocycles. The maximum absolute atomic E-state index is 12.2. The Morgan fingerprint density at radius 3 is 2.71 bits per heavy atom. The van der Waals surface area contributed by atoms with E-state index in [9.17, 15) is 4.79 Å². The summed E-state index contributed by atoms with van der Waals surface area (Å²) in [4.78, 5) is 22.7. The third kappa shape index (κ3) is 2.83. The first-order chi connectivity index (χ1) is 13.8. The lowest BCUT2D eigenvalue weighted by Gasteiger charge is -2.18. The normalized spacial score (nSPS) is 12.4. The number of benzene rings is 2. The highest BCUT2D eigenvalue weighted by Crippen LogP contribution is 2.31. The minimum Gasteiger partial charge on any atom is -0.361 e. The molecule has 0 amide bonds. The number of aromatic amines is 3. The molecule has 138 valence electrons. The molecule has 0 saturated carbocycles. The van der Waals surface area contributed by atoms with Crippen LogP contribution >= 0.6 is 0 Å². The van der Waals surface area contributed by atoms with Gasteiger partial charge in [0.15, 0.2) is 5.65 Å². The Bertz CT molecular complexity index is 1300. The van der Waals surface area contributed by atoms with Crippen LogP contribution in [0.3, 0.4) is 0 Å². The van der Waals surface area contributed by atoms with Crippen LogP contribution in [0.15, 0.2) is 71.8 Å². The predicted molar refractivity (Wildman–Crippen MR) is 110 cm³/mol. The molecule has 0 spiro atoms.